The monoisotopic (exact) mass is 374 g/mol. The van der Waals surface area contributed by atoms with Crippen molar-refractivity contribution in [1.29, 1.82) is 0 Å². The Balaban J connectivity index is 1.87. The quantitative estimate of drug-likeness (QED) is 0.619. The van der Waals surface area contributed by atoms with Crippen LogP contribution in [-0.4, -0.2) is 12.9 Å². The second kappa shape index (κ2) is 8.49. The first kappa shape index (κ1) is 20.0. The molecule has 0 saturated carbocycles. The summed E-state index contributed by atoms with van der Waals surface area (Å²) in [5, 5.41) is 0. The van der Waals surface area contributed by atoms with E-state index in [-0.39, 0.29) is 12.0 Å². The van der Waals surface area contributed by atoms with Crippen molar-refractivity contribution in [3.63, 3.8) is 0 Å². The van der Waals surface area contributed by atoms with Gasteiger partial charge >= 0.3 is 0 Å². The largest absolute Gasteiger partial charge is 0.352 e. The normalized spacial score (nSPS) is 24.0. The topological polar surface area (TPSA) is 18.5 Å². The Morgan fingerprint density at radius 3 is 2.41 bits per heavy atom. The molecule has 4 heteroatoms. The predicted octanol–water partition coefficient (Wildman–Crippen LogP) is 6.22. The number of hydrogen-bond donors (Lipinski definition) is 0. The van der Waals surface area contributed by atoms with E-state index in [0.717, 1.165) is 24.0 Å². The molecule has 1 aliphatic rings. The third-order valence-corrected chi connectivity index (χ3v) is 5.48. The molecule has 1 saturated heterocycles. The maximum atomic E-state index is 13.9. The first-order chi connectivity index (χ1) is 12.9. The van der Waals surface area contributed by atoms with E-state index in [0.29, 0.717) is 12.5 Å². The van der Waals surface area contributed by atoms with Crippen LogP contribution < -0.4 is 0 Å². The van der Waals surface area contributed by atoms with E-state index in [1.807, 2.05) is 6.92 Å². The van der Waals surface area contributed by atoms with Gasteiger partial charge in [0.15, 0.2) is 17.9 Å². The van der Waals surface area contributed by atoms with Gasteiger partial charge in [-0.05, 0) is 56.4 Å². The minimum Gasteiger partial charge on any atom is -0.352 e. The molecule has 1 fully saturated rings. The molecule has 27 heavy (non-hydrogen) atoms. The highest BCUT2D eigenvalue weighted by molar-refractivity contribution is 5.30. The standard InChI is InChI=1S/C23H28F2O2/c1-5-17-8-9-26-23(22(17)18-6-7-20(24)21(25)13-18)27-16(4)19-11-14(2)10-15(3)12-19/h6-7,10-13,16-17,22-23H,5,8-9H2,1-4H3/t16-,17-,22-,23-/m1/s1. The maximum absolute atomic E-state index is 13.9. The van der Waals surface area contributed by atoms with E-state index in [1.165, 1.54) is 23.3 Å². The van der Waals surface area contributed by atoms with Gasteiger partial charge < -0.3 is 9.47 Å². The highest BCUT2D eigenvalue weighted by atomic mass is 19.2. The van der Waals surface area contributed by atoms with Crippen LogP contribution in [-0.2, 0) is 9.47 Å². The predicted molar refractivity (Wildman–Crippen MR) is 103 cm³/mol. The van der Waals surface area contributed by atoms with Gasteiger partial charge in [0, 0.05) is 5.92 Å². The SMILES string of the molecule is CC[C@@H]1CCO[C@H](O[C@H](C)c2cc(C)cc(C)c2)[C@H]1c1ccc(F)c(F)c1. The Labute approximate surface area is 160 Å². The summed E-state index contributed by atoms with van der Waals surface area (Å²) in [6, 6.07) is 10.5. The first-order valence-electron chi connectivity index (χ1n) is 9.69. The molecule has 0 amide bonds. The third kappa shape index (κ3) is 4.56. The lowest BCUT2D eigenvalue weighted by Gasteiger charge is -2.39. The van der Waals surface area contributed by atoms with Crippen molar-refractivity contribution >= 4 is 0 Å². The molecule has 0 N–H and O–H groups in total. The second-order valence-electron chi connectivity index (χ2n) is 7.59. The minimum atomic E-state index is -0.829. The smallest absolute Gasteiger partial charge is 0.165 e. The van der Waals surface area contributed by atoms with Gasteiger partial charge in [-0.1, -0.05) is 48.7 Å². The van der Waals surface area contributed by atoms with Crippen LogP contribution in [0.4, 0.5) is 8.78 Å². The van der Waals surface area contributed by atoms with Crippen molar-refractivity contribution in [2.24, 2.45) is 5.92 Å². The summed E-state index contributed by atoms with van der Waals surface area (Å²) in [5.74, 6) is -1.47. The molecular formula is C23H28F2O2. The molecule has 2 aromatic carbocycles. The lowest BCUT2D eigenvalue weighted by molar-refractivity contribution is -0.209. The van der Waals surface area contributed by atoms with Gasteiger partial charge in [0.2, 0.25) is 0 Å². The average molecular weight is 374 g/mol. The van der Waals surface area contributed by atoms with Crippen molar-refractivity contribution < 1.29 is 18.3 Å². The first-order valence-corrected chi connectivity index (χ1v) is 9.69. The number of halogens is 2. The number of hydrogen-bond acceptors (Lipinski definition) is 2. The summed E-state index contributed by atoms with van der Waals surface area (Å²) in [6.45, 7) is 8.88. The Hall–Kier alpha value is -1.78. The van der Waals surface area contributed by atoms with Crippen LogP contribution in [0.25, 0.3) is 0 Å². The summed E-state index contributed by atoms with van der Waals surface area (Å²) in [7, 11) is 0. The van der Waals surface area contributed by atoms with Crippen LogP contribution in [0.1, 0.15) is 61.0 Å². The van der Waals surface area contributed by atoms with Gasteiger partial charge in [-0.15, -0.1) is 0 Å². The van der Waals surface area contributed by atoms with Gasteiger partial charge in [0.05, 0.1) is 12.7 Å². The Morgan fingerprint density at radius 1 is 1.07 bits per heavy atom. The lowest BCUT2D eigenvalue weighted by Crippen LogP contribution is -2.37. The molecular weight excluding hydrogens is 346 g/mol. The molecule has 1 aliphatic heterocycles. The molecule has 0 spiro atoms. The molecule has 4 atom stereocenters. The molecule has 146 valence electrons. The summed E-state index contributed by atoms with van der Waals surface area (Å²) in [6.07, 6.45) is 1.18. The van der Waals surface area contributed by atoms with Crippen molar-refractivity contribution in [3.05, 3.63) is 70.3 Å². The fourth-order valence-electron chi connectivity index (χ4n) is 4.10. The van der Waals surface area contributed by atoms with Crippen LogP contribution >= 0.6 is 0 Å². The van der Waals surface area contributed by atoms with Gasteiger partial charge in [0.25, 0.3) is 0 Å². The van der Waals surface area contributed by atoms with E-state index in [2.05, 4.69) is 39.0 Å². The van der Waals surface area contributed by atoms with E-state index in [9.17, 15) is 8.78 Å². The average Bonchev–Trinajstić information content (AvgIpc) is 2.63. The molecule has 2 aromatic rings. The van der Waals surface area contributed by atoms with Gasteiger partial charge in [-0.3, -0.25) is 0 Å². The zero-order valence-electron chi connectivity index (χ0n) is 16.5. The number of rotatable bonds is 5. The Morgan fingerprint density at radius 2 is 1.78 bits per heavy atom. The number of aryl methyl sites for hydroxylation is 2. The van der Waals surface area contributed by atoms with Crippen molar-refractivity contribution in [3.8, 4) is 0 Å². The Bertz CT molecular complexity index is 770. The maximum Gasteiger partial charge on any atom is 0.165 e. The fraction of sp³-hybridized carbons (Fsp3) is 0.478. The molecule has 0 bridgehead atoms. The molecule has 1 heterocycles. The van der Waals surface area contributed by atoms with E-state index in [1.54, 1.807) is 6.07 Å². The molecule has 0 aromatic heterocycles. The zero-order valence-corrected chi connectivity index (χ0v) is 16.5. The lowest BCUT2D eigenvalue weighted by atomic mass is 9.80. The van der Waals surface area contributed by atoms with Crippen LogP contribution in [0.5, 0.6) is 0 Å². The van der Waals surface area contributed by atoms with Crippen LogP contribution in [0.15, 0.2) is 36.4 Å². The van der Waals surface area contributed by atoms with Crippen LogP contribution in [0.2, 0.25) is 0 Å². The number of benzene rings is 2. The summed E-state index contributed by atoms with van der Waals surface area (Å²) in [5.41, 5.74) is 4.21. The van der Waals surface area contributed by atoms with Gasteiger partial charge in [-0.25, -0.2) is 8.78 Å². The molecule has 0 unspecified atom stereocenters. The van der Waals surface area contributed by atoms with Crippen LogP contribution in [0.3, 0.4) is 0 Å². The van der Waals surface area contributed by atoms with Crippen LogP contribution in [0, 0.1) is 31.4 Å². The van der Waals surface area contributed by atoms with E-state index >= 15 is 0 Å². The zero-order chi connectivity index (χ0) is 19.6. The third-order valence-electron chi connectivity index (χ3n) is 5.48. The van der Waals surface area contributed by atoms with Gasteiger partial charge in [0.1, 0.15) is 0 Å². The highest BCUT2D eigenvalue weighted by Crippen LogP contribution is 2.40. The van der Waals surface area contributed by atoms with E-state index in [4.69, 9.17) is 9.47 Å². The molecule has 0 aliphatic carbocycles. The minimum absolute atomic E-state index is 0.118. The van der Waals surface area contributed by atoms with Crippen molar-refractivity contribution in [2.45, 2.75) is 58.8 Å². The number of ether oxygens (including phenoxy) is 2. The van der Waals surface area contributed by atoms with E-state index < -0.39 is 17.9 Å². The van der Waals surface area contributed by atoms with Crippen molar-refractivity contribution in [1.82, 2.24) is 0 Å². The summed E-state index contributed by atoms with van der Waals surface area (Å²) < 4.78 is 39.5. The second-order valence-corrected chi connectivity index (χ2v) is 7.59. The Kier molecular flexibility index (Phi) is 6.28. The fourth-order valence-corrected chi connectivity index (χ4v) is 4.10. The molecule has 2 nitrogen and oxygen atoms in total. The highest BCUT2D eigenvalue weighted by Gasteiger charge is 2.36. The molecule has 3 rings (SSSR count). The van der Waals surface area contributed by atoms with Crippen molar-refractivity contribution in [2.75, 3.05) is 6.61 Å². The molecule has 0 radical (unpaired) electrons. The van der Waals surface area contributed by atoms with Gasteiger partial charge in [-0.2, -0.15) is 0 Å². The summed E-state index contributed by atoms with van der Waals surface area (Å²) >= 11 is 0. The summed E-state index contributed by atoms with van der Waals surface area (Å²) in [4.78, 5) is 0.